The third-order valence-corrected chi connectivity index (χ3v) is 3.45. The number of nitrogens with one attached hydrogen (secondary N) is 2. The van der Waals surface area contributed by atoms with Crippen molar-refractivity contribution in [1.29, 1.82) is 0 Å². The SMILES string of the molecule is CS(=O)(=O)Nc1ccccc1-c1cc(-c2ccco2)[nH]n1. The number of hydrogen-bond acceptors (Lipinski definition) is 4. The third kappa shape index (κ3) is 2.97. The largest absolute Gasteiger partial charge is 0.463 e. The first-order valence-corrected chi connectivity index (χ1v) is 8.08. The maximum Gasteiger partial charge on any atom is 0.229 e. The number of para-hydroxylation sites is 1. The summed E-state index contributed by atoms with van der Waals surface area (Å²) in [5, 5.41) is 7.09. The van der Waals surface area contributed by atoms with Crippen LogP contribution in [0.5, 0.6) is 0 Å². The van der Waals surface area contributed by atoms with Crippen LogP contribution in [0, 0.1) is 0 Å². The molecule has 0 aliphatic carbocycles. The molecule has 0 atom stereocenters. The van der Waals surface area contributed by atoms with Gasteiger partial charge in [0.1, 0.15) is 5.69 Å². The van der Waals surface area contributed by atoms with Crippen LogP contribution in [0.1, 0.15) is 0 Å². The van der Waals surface area contributed by atoms with Crippen molar-refractivity contribution in [2.24, 2.45) is 0 Å². The fourth-order valence-corrected chi connectivity index (χ4v) is 2.59. The Morgan fingerprint density at radius 2 is 2.00 bits per heavy atom. The molecule has 0 radical (unpaired) electrons. The number of rotatable bonds is 4. The van der Waals surface area contributed by atoms with Gasteiger partial charge in [-0.25, -0.2) is 8.42 Å². The van der Waals surface area contributed by atoms with Crippen molar-refractivity contribution in [2.75, 3.05) is 11.0 Å². The Balaban J connectivity index is 2.01. The minimum atomic E-state index is -3.35. The van der Waals surface area contributed by atoms with Crippen molar-refractivity contribution in [2.45, 2.75) is 0 Å². The van der Waals surface area contributed by atoms with E-state index in [-0.39, 0.29) is 0 Å². The number of benzene rings is 1. The zero-order valence-electron chi connectivity index (χ0n) is 11.2. The quantitative estimate of drug-likeness (QED) is 0.775. The minimum absolute atomic E-state index is 0.484. The van der Waals surface area contributed by atoms with Crippen LogP contribution in [-0.2, 0) is 10.0 Å². The van der Waals surface area contributed by atoms with Gasteiger partial charge in [0.2, 0.25) is 10.0 Å². The van der Waals surface area contributed by atoms with Gasteiger partial charge >= 0.3 is 0 Å². The summed E-state index contributed by atoms with van der Waals surface area (Å²) in [4.78, 5) is 0. The summed E-state index contributed by atoms with van der Waals surface area (Å²) in [6, 6.07) is 12.5. The molecule has 0 spiro atoms. The molecular formula is C14H13N3O3S. The molecular weight excluding hydrogens is 290 g/mol. The first kappa shape index (κ1) is 13.4. The lowest BCUT2D eigenvalue weighted by molar-refractivity contribution is 0.580. The second kappa shape index (κ2) is 5.10. The van der Waals surface area contributed by atoms with Crippen LogP contribution in [0.2, 0.25) is 0 Å². The number of anilines is 1. The molecule has 21 heavy (non-hydrogen) atoms. The Hall–Kier alpha value is -2.54. The molecule has 0 bridgehead atoms. The smallest absolute Gasteiger partial charge is 0.229 e. The van der Waals surface area contributed by atoms with E-state index in [1.807, 2.05) is 18.2 Å². The Labute approximate surface area is 121 Å². The number of aromatic amines is 1. The van der Waals surface area contributed by atoms with E-state index in [0.717, 1.165) is 11.9 Å². The molecule has 2 heterocycles. The Morgan fingerprint density at radius 3 is 2.71 bits per heavy atom. The molecule has 6 nitrogen and oxygen atoms in total. The predicted octanol–water partition coefficient (Wildman–Crippen LogP) is 2.71. The molecule has 0 aliphatic rings. The maximum atomic E-state index is 11.4. The lowest BCUT2D eigenvalue weighted by atomic mass is 10.1. The van der Waals surface area contributed by atoms with Gasteiger partial charge in [-0.2, -0.15) is 5.10 Å². The number of furan rings is 1. The first-order chi connectivity index (χ1) is 10.0. The van der Waals surface area contributed by atoms with Gasteiger partial charge in [0.15, 0.2) is 5.76 Å². The van der Waals surface area contributed by atoms with E-state index in [2.05, 4.69) is 14.9 Å². The van der Waals surface area contributed by atoms with Gasteiger partial charge in [0.05, 0.1) is 23.9 Å². The summed E-state index contributed by atoms with van der Waals surface area (Å²) in [6.45, 7) is 0. The second-order valence-corrected chi connectivity index (χ2v) is 6.31. The lowest BCUT2D eigenvalue weighted by Crippen LogP contribution is -2.10. The zero-order chi connectivity index (χ0) is 14.9. The molecule has 7 heteroatoms. The van der Waals surface area contributed by atoms with Crippen LogP contribution in [-0.4, -0.2) is 24.9 Å². The van der Waals surface area contributed by atoms with E-state index in [0.29, 0.717) is 22.7 Å². The average Bonchev–Trinajstić information content (AvgIpc) is 3.08. The number of nitrogens with zero attached hydrogens (tertiary/aromatic N) is 1. The summed E-state index contributed by atoms with van der Waals surface area (Å²) in [5.41, 5.74) is 2.53. The summed E-state index contributed by atoms with van der Waals surface area (Å²) in [6.07, 6.45) is 2.69. The van der Waals surface area contributed by atoms with Gasteiger partial charge in [-0.05, 0) is 24.3 Å². The Kier molecular flexibility index (Phi) is 3.26. The highest BCUT2D eigenvalue weighted by Crippen LogP contribution is 2.29. The number of sulfonamides is 1. The van der Waals surface area contributed by atoms with Crippen molar-refractivity contribution >= 4 is 15.7 Å². The normalized spacial score (nSPS) is 11.5. The lowest BCUT2D eigenvalue weighted by Gasteiger charge is -2.08. The molecule has 0 aliphatic heterocycles. The highest BCUT2D eigenvalue weighted by Gasteiger charge is 2.13. The van der Waals surface area contributed by atoms with Crippen LogP contribution in [0.3, 0.4) is 0 Å². The van der Waals surface area contributed by atoms with Gasteiger partial charge in [-0.1, -0.05) is 18.2 Å². The second-order valence-electron chi connectivity index (χ2n) is 4.56. The van der Waals surface area contributed by atoms with Gasteiger partial charge in [-0.3, -0.25) is 9.82 Å². The Bertz CT molecular complexity index is 851. The summed E-state index contributed by atoms with van der Waals surface area (Å²) >= 11 is 0. The predicted molar refractivity (Wildman–Crippen MR) is 80.2 cm³/mol. The molecule has 2 aromatic heterocycles. The molecule has 3 rings (SSSR count). The molecule has 2 N–H and O–H groups in total. The van der Waals surface area contributed by atoms with E-state index in [9.17, 15) is 8.42 Å². The number of H-pyrrole nitrogens is 1. The number of hydrogen-bond donors (Lipinski definition) is 2. The summed E-state index contributed by atoms with van der Waals surface area (Å²) in [5.74, 6) is 0.669. The molecule has 0 saturated carbocycles. The van der Waals surface area contributed by atoms with Gasteiger partial charge in [0.25, 0.3) is 0 Å². The summed E-state index contributed by atoms with van der Waals surface area (Å²) < 4.78 is 30.6. The summed E-state index contributed by atoms with van der Waals surface area (Å²) in [7, 11) is -3.35. The zero-order valence-corrected chi connectivity index (χ0v) is 12.0. The van der Waals surface area contributed by atoms with Crippen molar-refractivity contribution in [1.82, 2.24) is 10.2 Å². The molecule has 108 valence electrons. The topological polar surface area (TPSA) is 88.0 Å². The van der Waals surface area contributed by atoms with Crippen molar-refractivity contribution in [3.8, 4) is 22.7 Å². The standard InChI is InChI=1S/C14H13N3O3S/c1-21(18,19)17-11-6-3-2-5-10(11)12-9-13(16-15-12)14-7-4-8-20-14/h2-9,17H,1H3,(H,15,16). The van der Waals surface area contributed by atoms with Gasteiger partial charge in [-0.15, -0.1) is 0 Å². The maximum absolute atomic E-state index is 11.4. The third-order valence-electron chi connectivity index (χ3n) is 2.86. The van der Waals surface area contributed by atoms with E-state index < -0.39 is 10.0 Å². The molecule has 0 fully saturated rings. The average molecular weight is 303 g/mol. The van der Waals surface area contributed by atoms with Crippen LogP contribution < -0.4 is 4.72 Å². The molecule has 0 unspecified atom stereocenters. The fourth-order valence-electron chi connectivity index (χ4n) is 2.01. The monoisotopic (exact) mass is 303 g/mol. The number of aromatic nitrogens is 2. The van der Waals surface area contributed by atoms with E-state index in [1.54, 1.807) is 30.5 Å². The molecule has 1 aromatic carbocycles. The first-order valence-electron chi connectivity index (χ1n) is 6.19. The molecule has 0 saturated heterocycles. The van der Waals surface area contributed by atoms with E-state index in [4.69, 9.17) is 4.42 Å². The highest BCUT2D eigenvalue weighted by molar-refractivity contribution is 7.92. The van der Waals surface area contributed by atoms with E-state index >= 15 is 0 Å². The van der Waals surface area contributed by atoms with Crippen molar-refractivity contribution < 1.29 is 12.8 Å². The Morgan fingerprint density at radius 1 is 1.19 bits per heavy atom. The van der Waals surface area contributed by atoms with Crippen molar-refractivity contribution in [3.63, 3.8) is 0 Å². The van der Waals surface area contributed by atoms with Crippen LogP contribution in [0.25, 0.3) is 22.7 Å². The minimum Gasteiger partial charge on any atom is -0.463 e. The van der Waals surface area contributed by atoms with Gasteiger partial charge < -0.3 is 4.42 Å². The highest BCUT2D eigenvalue weighted by atomic mass is 32.2. The van der Waals surface area contributed by atoms with Gasteiger partial charge in [0, 0.05) is 5.56 Å². The fraction of sp³-hybridized carbons (Fsp3) is 0.0714. The molecule has 0 amide bonds. The van der Waals surface area contributed by atoms with E-state index in [1.165, 1.54) is 0 Å². The van der Waals surface area contributed by atoms with Crippen molar-refractivity contribution in [3.05, 3.63) is 48.7 Å². The van der Waals surface area contributed by atoms with Crippen LogP contribution in [0.4, 0.5) is 5.69 Å². The molecule has 3 aromatic rings. The van der Waals surface area contributed by atoms with Crippen LogP contribution >= 0.6 is 0 Å². The van der Waals surface area contributed by atoms with Crippen LogP contribution in [0.15, 0.2) is 53.1 Å².